The maximum absolute atomic E-state index is 12.0. The van der Waals surface area contributed by atoms with Gasteiger partial charge in [0, 0.05) is 0 Å². The van der Waals surface area contributed by atoms with Gasteiger partial charge in [0.05, 0.1) is 23.9 Å². The molecule has 0 aromatic rings. The van der Waals surface area contributed by atoms with Crippen LogP contribution in [0.15, 0.2) is 23.3 Å². The molecular formula is C14H18N2O7. The highest BCUT2D eigenvalue weighted by Crippen LogP contribution is 2.15. The fourth-order valence-electron chi connectivity index (χ4n) is 2.08. The Balaban J connectivity index is 2.10. The van der Waals surface area contributed by atoms with Gasteiger partial charge in [-0.2, -0.15) is 0 Å². The molecule has 9 heteroatoms. The van der Waals surface area contributed by atoms with Crippen molar-refractivity contribution < 1.29 is 33.3 Å². The first-order valence-electron chi connectivity index (χ1n) is 7.12. The minimum atomic E-state index is -0.749. The maximum Gasteiger partial charge on any atom is 0.377 e. The molecule has 2 rings (SSSR count). The highest BCUT2D eigenvalue weighted by molar-refractivity contribution is 5.95. The van der Waals surface area contributed by atoms with Crippen LogP contribution in [0.5, 0.6) is 0 Å². The van der Waals surface area contributed by atoms with E-state index in [1.54, 1.807) is 13.8 Å². The van der Waals surface area contributed by atoms with Gasteiger partial charge in [0.2, 0.25) is 5.76 Å². The molecule has 0 spiro atoms. The lowest BCUT2D eigenvalue weighted by molar-refractivity contribution is -0.144. The Labute approximate surface area is 132 Å². The first-order chi connectivity index (χ1) is 11.0. The molecule has 23 heavy (non-hydrogen) atoms. The van der Waals surface area contributed by atoms with Gasteiger partial charge in [0.25, 0.3) is 0 Å². The second-order valence-electron chi connectivity index (χ2n) is 4.71. The van der Waals surface area contributed by atoms with Crippen LogP contribution in [-0.2, 0) is 28.5 Å². The number of carbonyl (C=O) groups is 3. The largest absolute Gasteiger partial charge is 0.493 e. The number of ether oxygens (including phenoxy) is 4. The zero-order chi connectivity index (χ0) is 16.8. The third kappa shape index (κ3) is 4.15. The van der Waals surface area contributed by atoms with E-state index in [1.165, 1.54) is 0 Å². The van der Waals surface area contributed by atoms with Gasteiger partial charge < -0.3 is 29.6 Å². The van der Waals surface area contributed by atoms with Crippen LogP contribution in [0.4, 0.5) is 4.79 Å². The molecule has 126 valence electrons. The van der Waals surface area contributed by atoms with E-state index in [1.807, 2.05) is 0 Å². The molecule has 0 bridgehead atoms. The minimum Gasteiger partial charge on any atom is -0.493 e. The number of hydrogen-bond acceptors (Lipinski definition) is 7. The van der Waals surface area contributed by atoms with Gasteiger partial charge in [-0.05, 0) is 13.8 Å². The third-order valence-electron chi connectivity index (χ3n) is 3.06. The Bertz CT molecular complexity index is 567. The Morgan fingerprint density at radius 1 is 1.30 bits per heavy atom. The lowest BCUT2D eigenvalue weighted by Crippen LogP contribution is -2.50. The highest BCUT2D eigenvalue weighted by atomic mass is 16.6. The molecular weight excluding hydrogens is 308 g/mol. The molecule has 0 radical (unpaired) electrons. The summed E-state index contributed by atoms with van der Waals surface area (Å²) >= 11 is 0. The molecule has 0 saturated carbocycles. The monoisotopic (exact) mass is 326 g/mol. The summed E-state index contributed by atoms with van der Waals surface area (Å²) in [4.78, 5) is 35.4. The minimum absolute atomic E-state index is 0.0668. The van der Waals surface area contributed by atoms with E-state index in [2.05, 4.69) is 10.6 Å². The summed E-state index contributed by atoms with van der Waals surface area (Å²) in [6, 6.07) is -1.06. The lowest BCUT2D eigenvalue weighted by Gasteiger charge is -2.26. The van der Waals surface area contributed by atoms with Crippen molar-refractivity contribution in [2.45, 2.75) is 19.9 Å². The molecule has 2 heterocycles. The molecule has 0 unspecified atom stereocenters. The van der Waals surface area contributed by atoms with E-state index in [0.29, 0.717) is 6.61 Å². The fraction of sp³-hybridized carbons (Fsp3) is 0.500. The number of urea groups is 1. The number of hydrogen-bond donors (Lipinski definition) is 2. The molecule has 0 aliphatic carbocycles. The number of nitrogens with one attached hydrogen (secondary N) is 2. The van der Waals surface area contributed by atoms with Gasteiger partial charge in [-0.3, -0.25) is 0 Å². The standard InChI is InChI=1S/C14H18N2O7/c1-3-21-13(18)11-8(2)15-14(19)16-9(11)6-23-12(17)10-7-20-4-5-22-10/h7-8H,3-6H2,1-2H3,(H2,15,16,19)/t8-/m0/s1. The lowest BCUT2D eigenvalue weighted by atomic mass is 10.0. The molecule has 0 fully saturated rings. The number of carbonyl (C=O) groups excluding carboxylic acids is 3. The van der Waals surface area contributed by atoms with Crippen molar-refractivity contribution in [3.63, 3.8) is 0 Å². The zero-order valence-corrected chi connectivity index (χ0v) is 12.8. The van der Waals surface area contributed by atoms with Crippen molar-refractivity contribution in [1.29, 1.82) is 0 Å². The van der Waals surface area contributed by atoms with Crippen LogP contribution in [0.3, 0.4) is 0 Å². The molecule has 2 amide bonds. The van der Waals surface area contributed by atoms with Crippen LogP contribution in [-0.4, -0.2) is 50.4 Å². The van der Waals surface area contributed by atoms with E-state index in [9.17, 15) is 14.4 Å². The number of rotatable bonds is 5. The van der Waals surface area contributed by atoms with E-state index in [0.717, 1.165) is 6.26 Å². The topological polar surface area (TPSA) is 112 Å². The molecule has 2 aliphatic heterocycles. The normalized spacial score (nSPS) is 20.3. The Kier molecular flexibility index (Phi) is 5.45. The predicted octanol–water partition coefficient (Wildman–Crippen LogP) is -0.0637. The molecule has 2 aliphatic rings. The second kappa shape index (κ2) is 7.52. The first-order valence-corrected chi connectivity index (χ1v) is 7.12. The summed E-state index contributed by atoms with van der Waals surface area (Å²) in [5, 5.41) is 5.00. The average molecular weight is 326 g/mol. The Morgan fingerprint density at radius 3 is 2.74 bits per heavy atom. The van der Waals surface area contributed by atoms with Crippen molar-refractivity contribution in [2.75, 3.05) is 26.4 Å². The molecule has 1 atom stereocenters. The third-order valence-corrected chi connectivity index (χ3v) is 3.06. The van der Waals surface area contributed by atoms with Crippen LogP contribution in [0.2, 0.25) is 0 Å². The summed E-state index contributed by atoms with van der Waals surface area (Å²) in [7, 11) is 0. The number of esters is 2. The van der Waals surface area contributed by atoms with Crippen LogP contribution in [0, 0.1) is 0 Å². The van der Waals surface area contributed by atoms with Gasteiger partial charge in [-0.15, -0.1) is 0 Å². The van der Waals surface area contributed by atoms with Crippen molar-refractivity contribution in [3.8, 4) is 0 Å². The summed E-state index contributed by atoms with van der Waals surface area (Å²) in [6.07, 6.45) is 1.16. The van der Waals surface area contributed by atoms with Gasteiger partial charge in [-0.1, -0.05) is 0 Å². The Morgan fingerprint density at radius 2 is 2.09 bits per heavy atom. The smallest absolute Gasteiger partial charge is 0.377 e. The summed E-state index contributed by atoms with van der Waals surface area (Å²) < 4.78 is 20.1. The van der Waals surface area contributed by atoms with Gasteiger partial charge in [0.15, 0.2) is 0 Å². The maximum atomic E-state index is 12.0. The van der Waals surface area contributed by atoms with Gasteiger partial charge in [0.1, 0.15) is 26.1 Å². The zero-order valence-electron chi connectivity index (χ0n) is 12.8. The average Bonchev–Trinajstić information content (AvgIpc) is 2.53. The number of amides is 2. The fourth-order valence-corrected chi connectivity index (χ4v) is 2.08. The van der Waals surface area contributed by atoms with E-state index < -0.39 is 24.0 Å². The van der Waals surface area contributed by atoms with Crippen molar-refractivity contribution in [3.05, 3.63) is 23.3 Å². The van der Waals surface area contributed by atoms with Crippen LogP contribution in [0.25, 0.3) is 0 Å². The summed E-state index contributed by atoms with van der Waals surface area (Å²) in [5.41, 5.74) is 0.374. The first kappa shape index (κ1) is 16.7. The van der Waals surface area contributed by atoms with E-state index in [4.69, 9.17) is 18.9 Å². The van der Waals surface area contributed by atoms with E-state index in [-0.39, 0.29) is 36.8 Å². The highest BCUT2D eigenvalue weighted by Gasteiger charge is 2.30. The molecule has 0 aromatic heterocycles. The SMILES string of the molecule is CCOC(=O)C1=C(COC(=O)C2=COCCO2)NC(=O)N[C@H]1C. The van der Waals surface area contributed by atoms with Crippen LogP contribution in [0.1, 0.15) is 13.8 Å². The van der Waals surface area contributed by atoms with E-state index >= 15 is 0 Å². The molecule has 2 N–H and O–H groups in total. The van der Waals surface area contributed by atoms with Gasteiger partial charge >= 0.3 is 18.0 Å². The predicted molar refractivity (Wildman–Crippen MR) is 75.7 cm³/mol. The van der Waals surface area contributed by atoms with Crippen LogP contribution < -0.4 is 10.6 Å². The molecule has 0 aromatic carbocycles. The Hall–Kier alpha value is -2.71. The van der Waals surface area contributed by atoms with Crippen molar-refractivity contribution in [2.24, 2.45) is 0 Å². The molecule has 0 saturated heterocycles. The quantitative estimate of drug-likeness (QED) is 0.680. The van der Waals surface area contributed by atoms with Crippen LogP contribution >= 0.6 is 0 Å². The van der Waals surface area contributed by atoms with Crippen molar-refractivity contribution >= 4 is 18.0 Å². The van der Waals surface area contributed by atoms with Crippen molar-refractivity contribution in [1.82, 2.24) is 10.6 Å². The summed E-state index contributed by atoms with van der Waals surface area (Å²) in [6.45, 7) is 3.79. The van der Waals surface area contributed by atoms with Gasteiger partial charge in [-0.25, -0.2) is 14.4 Å². The molecule has 9 nitrogen and oxygen atoms in total. The summed E-state index contributed by atoms with van der Waals surface area (Å²) in [5.74, 6) is -1.40. The second-order valence-corrected chi connectivity index (χ2v) is 4.71.